The Morgan fingerprint density at radius 2 is 2.00 bits per heavy atom. The topological polar surface area (TPSA) is 149 Å². The van der Waals surface area contributed by atoms with E-state index in [1.54, 1.807) is 0 Å². The summed E-state index contributed by atoms with van der Waals surface area (Å²) >= 11 is 0. The number of hydrogen-bond acceptors (Lipinski definition) is 4. The number of amides is 2. The van der Waals surface area contributed by atoms with Crippen molar-refractivity contribution >= 4 is 17.8 Å². The quantitative estimate of drug-likeness (QED) is 0.0856. The first-order valence-corrected chi connectivity index (χ1v) is 4.80. The smallest absolute Gasteiger partial charge is 0.256 e. The third kappa shape index (κ3) is 6.60. The van der Waals surface area contributed by atoms with Crippen LogP contribution in [0.25, 0.3) is 0 Å². The van der Waals surface area contributed by atoms with Gasteiger partial charge >= 0.3 is 0 Å². The van der Waals surface area contributed by atoms with Crippen LogP contribution in [0.2, 0.25) is 0 Å². The Hall–Kier alpha value is -1.83. The number of nitrogens with zero attached hydrogens (tertiary/aromatic N) is 1. The van der Waals surface area contributed by atoms with Crippen LogP contribution in [-0.4, -0.2) is 30.4 Å². The van der Waals surface area contributed by atoms with Crippen LogP contribution in [-0.2, 0) is 9.59 Å². The first-order valence-electron chi connectivity index (χ1n) is 4.80. The van der Waals surface area contributed by atoms with Gasteiger partial charge in [0.2, 0.25) is 5.91 Å². The van der Waals surface area contributed by atoms with Gasteiger partial charge < -0.3 is 16.8 Å². The van der Waals surface area contributed by atoms with E-state index < -0.39 is 11.9 Å². The number of hydrogen-bond donors (Lipinski definition) is 5. The molecule has 8 N–H and O–H groups in total. The summed E-state index contributed by atoms with van der Waals surface area (Å²) in [6.45, 7) is 1.73. The van der Waals surface area contributed by atoms with Crippen LogP contribution in [0.5, 0.6) is 0 Å². The largest absolute Gasteiger partial charge is 0.370 e. The van der Waals surface area contributed by atoms with Gasteiger partial charge in [-0.1, -0.05) is 0 Å². The van der Waals surface area contributed by atoms with E-state index in [9.17, 15) is 9.59 Å². The van der Waals surface area contributed by atoms with Crippen LogP contribution < -0.4 is 28.1 Å². The Bertz CT molecular complexity index is 274. The number of carbonyl (C=O) groups is 2. The molecular weight excluding hydrogens is 212 g/mol. The fourth-order valence-corrected chi connectivity index (χ4v) is 1.12. The second-order valence-corrected chi connectivity index (χ2v) is 3.21. The van der Waals surface area contributed by atoms with Crippen molar-refractivity contribution in [2.45, 2.75) is 25.8 Å². The van der Waals surface area contributed by atoms with Gasteiger partial charge in [0.05, 0.1) is 0 Å². The molecule has 0 heterocycles. The Morgan fingerprint density at radius 3 is 2.44 bits per heavy atom. The summed E-state index contributed by atoms with van der Waals surface area (Å²) in [7, 11) is 0. The highest BCUT2D eigenvalue weighted by Gasteiger charge is 2.17. The molecule has 1 unspecified atom stereocenters. The minimum absolute atomic E-state index is 0.000599. The lowest BCUT2D eigenvalue weighted by Crippen LogP contribution is -2.48. The Kier molecular flexibility index (Phi) is 6.61. The standard InChI is InChI=1S/C8H18N6O2/c1-5(15)13-6(7(16)14-11)3-2-4-12-8(9)10/h6H,2-4,11H2,1H3,(H,13,15)(H,14,16)(H4,9,10,12). The second kappa shape index (κ2) is 7.46. The van der Waals surface area contributed by atoms with Crippen LogP contribution in [0, 0.1) is 0 Å². The molecule has 1 atom stereocenters. The molecular formula is C8H18N6O2. The van der Waals surface area contributed by atoms with Crippen molar-refractivity contribution in [2.75, 3.05) is 6.54 Å². The van der Waals surface area contributed by atoms with Gasteiger partial charge in [0, 0.05) is 13.5 Å². The zero-order chi connectivity index (χ0) is 12.6. The molecule has 0 aliphatic rings. The molecule has 0 rings (SSSR count). The van der Waals surface area contributed by atoms with Crippen LogP contribution in [0.15, 0.2) is 4.99 Å². The van der Waals surface area contributed by atoms with Crippen molar-refractivity contribution in [1.82, 2.24) is 10.7 Å². The second-order valence-electron chi connectivity index (χ2n) is 3.21. The van der Waals surface area contributed by atoms with E-state index in [0.29, 0.717) is 19.4 Å². The van der Waals surface area contributed by atoms with Gasteiger partial charge in [-0.05, 0) is 12.8 Å². The Morgan fingerprint density at radius 1 is 1.38 bits per heavy atom. The Labute approximate surface area is 93.6 Å². The first-order chi connectivity index (χ1) is 7.47. The van der Waals surface area contributed by atoms with Crippen LogP contribution >= 0.6 is 0 Å². The third-order valence-electron chi connectivity index (χ3n) is 1.78. The maximum atomic E-state index is 11.2. The molecule has 0 aliphatic heterocycles. The summed E-state index contributed by atoms with van der Waals surface area (Å²) in [6, 6.07) is -0.656. The molecule has 0 aromatic carbocycles. The predicted molar refractivity (Wildman–Crippen MR) is 59.8 cm³/mol. The number of nitrogens with one attached hydrogen (secondary N) is 2. The maximum absolute atomic E-state index is 11.2. The number of rotatable bonds is 6. The van der Waals surface area contributed by atoms with Crippen molar-refractivity contribution in [3.8, 4) is 0 Å². The molecule has 16 heavy (non-hydrogen) atoms. The third-order valence-corrected chi connectivity index (χ3v) is 1.78. The maximum Gasteiger partial charge on any atom is 0.256 e. The molecule has 0 fully saturated rings. The molecule has 8 nitrogen and oxygen atoms in total. The summed E-state index contributed by atoms with van der Waals surface area (Å²) in [5.41, 5.74) is 12.3. The molecule has 8 heteroatoms. The molecule has 0 bridgehead atoms. The van der Waals surface area contributed by atoms with Gasteiger partial charge in [0.25, 0.3) is 5.91 Å². The van der Waals surface area contributed by atoms with E-state index in [2.05, 4.69) is 10.3 Å². The fraction of sp³-hybridized carbons (Fsp3) is 0.625. The molecule has 0 radical (unpaired) electrons. The van der Waals surface area contributed by atoms with Gasteiger partial charge in [-0.2, -0.15) is 0 Å². The number of carbonyl (C=O) groups excluding carboxylic acids is 2. The lowest BCUT2D eigenvalue weighted by molar-refractivity contribution is -0.128. The van der Waals surface area contributed by atoms with Gasteiger partial charge in [0.1, 0.15) is 6.04 Å². The van der Waals surface area contributed by atoms with Crippen molar-refractivity contribution < 1.29 is 9.59 Å². The summed E-state index contributed by atoms with van der Waals surface area (Å²) in [6.07, 6.45) is 0.982. The molecule has 0 aliphatic carbocycles. The molecule has 92 valence electrons. The summed E-state index contributed by atoms with van der Waals surface area (Å²) < 4.78 is 0. The van der Waals surface area contributed by atoms with E-state index in [1.807, 2.05) is 5.43 Å². The number of guanidine groups is 1. The summed E-state index contributed by atoms with van der Waals surface area (Å²) in [5, 5.41) is 2.48. The van der Waals surface area contributed by atoms with Crippen molar-refractivity contribution in [2.24, 2.45) is 22.3 Å². The molecule has 2 amide bonds. The van der Waals surface area contributed by atoms with Gasteiger partial charge in [-0.3, -0.25) is 20.0 Å². The average molecular weight is 230 g/mol. The molecule has 0 saturated carbocycles. The lowest BCUT2D eigenvalue weighted by atomic mass is 10.1. The van der Waals surface area contributed by atoms with Gasteiger partial charge in [-0.25, -0.2) is 5.84 Å². The molecule has 0 aromatic rings. The van der Waals surface area contributed by atoms with Crippen LogP contribution in [0.4, 0.5) is 0 Å². The molecule has 0 aromatic heterocycles. The molecule has 0 saturated heterocycles. The van der Waals surface area contributed by atoms with Gasteiger partial charge in [0.15, 0.2) is 5.96 Å². The van der Waals surface area contributed by atoms with E-state index >= 15 is 0 Å². The monoisotopic (exact) mass is 230 g/mol. The fourth-order valence-electron chi connectivity index (χ4n) is 1.12. The van der Waals surface area contributed by atoms with E-state index in [0.717, 1.165) is 0 Å². The van der Waals surface area contributed by atoms with Gasteiger partial charge in [-0.15, -0.1) is 0 Å². The Balaban J connectivity index is 4.07. The highest BCUT2D eigenvalue weighted by atomic mass is 16.2. The van der Waals surface area contributed by atoms with E-state index in [4.69, 9.17) is 17.3 Å². The minimum Gasteiger partial charge on any atom is -0.370 e. The van der Waals surface area contributed by atoms with Crippen molar-refractivity contribution in [3.63, 3.8) is 0 Å². The van der Waals surface area contributed by atoms with Crippen molar-refractivity contribution in [1.29, 1.82) is 0 Å². The van der Waals surface area contributed by atoms with E-state index in [-0.39, 0.29) is 11.9 Å². The van der Waals surface area contributed by atoms with E-state index in [1.165, 1.54) is 6.92 Å². The van der Waals surface area contributed by atoms with Crippen molar-refractivity contribution in [3.05, 3.63) is 0 Å². The summed E-state index contributed by atoms with van der Waals surface area (Å²) in [4.78, 5) is 25.8. The zero-order valence-electron chi connectivity index (χ0n) is 9.19. The van der Waals surface area contributed by atoms with Crippen LogP contribution in [0.1, 0.15) is 19.8 Å². The number of aliphatic imine (C=N–C) groups is 1. The minimum atomic E-state index is -0.656. The average Bonchev–Trinajstić information content (AvgIpc) is 2.20. The number of hydrazine groups is 1. The lowest BCUT2D eigenvalue weighted by Gasteiger charge is -2.15. The zero-order valence-corrected chi connectivity index (χ0v) is 9.19. The first kappa shape index (κ1) is 14.2. The highest BCUT2D eigenvalue weighted by molar-refractivity contribution is 5.86. The van der Waals surface area contributed by atoms with Crippen LogP contribution in [0.3, 0.4) is 0 Å². The summed E-state index contributed by atoms with van der Waals surface area (Å²) in [5.74, 6) is 4.24. The SMILES string of the molecule is CC(=O)NC(CCCN=C(N)N)C(=O)NN. The normalized spacial score (nSPS) is 11.4. The molecule has 0 spiro atoms. The predicted octanol–water partition coefficient (Wildman–Crippen LogP) is -2.47. The number of nitrogens with two attached hydrogens (primary N) is 3. The highest BCUT2D eigenvalue weighted by Crippen LogP contribution is 1.98.